The van der Waals surface area contributed by atoms with Crippen LogP contribution < -0.4 is 21.3 Å². The Kier molecular flexibility index (Phi) is 10.9. The van der Waals surface area contributed by atoms with Crippen molar-refractivity contribution in [2.24, 2.45) is 11.1 Å². The van der Waals surface area contributed by atoms with E-state index in [2.05, 4.69) is 10.6 Å². The molecule has 1 heterocycles. The van der Waals surface area contributed by atoms with E-state index in [1.54, 1.807) is 29.2 Å². The average molecular weight is 533 g/mol. The monoisotopic (exact) mass is 532 g/mol. The Hall–Kier alpha value is -3.14. The lowest BCUT2D eigenvalue weighted by atomic mass is 9.80. The van der Waals surface area contributed by atoms with Gasteiger partial charge < -0.3 is 31.1 Å². The molecular formula is C27H37ClN4O5. The highest BCUT2D eigenvalue weighted by atomic mass is 35.5. The van der Waals surface area contributed by atoms with Crippen molar-refractivity contribution in [3.63, 3.8) is 0 Å². The van der Waals surface area contributed by atoms with Gasteiger partial charge in [0.15, 0.2) is 0 Å². The van der Waals surface area contributed by atoms with E-state index in [9.17, 15) is 19.5 Å². The third-order valence-electron chi connectivity index (χ3n) is 6.38. The van der Waals surface area contributed by atoms with E-state index < -0.39 is 23.7 Å². The van der Waals surface area contributed by atoms with Crippen LogP contribution >= 0.6 is 12.4 Å². The number of rotatable bonds is 9. The number of fused-ring (bicyclic) bond motifs is 1. The highest BCUT2D eigenvalue weighted by molar-refractivity contribution is 5.95. The predicted octanol–water partition coefficient (Wildman–Crippen LogP) is 2.65. The van der Waals surface area contributed by atoms with Gasteiger partial charge in [0, 0.05) is 36.8 Å². The average Bonchev–Trinajstić information content (AvgIpc) is 2.86. The molecule has 1 aliphatic heterocycles. The maximum absolute atomic E-state index is 13.4. The van der Waals surface area contributed by atoms with Gasteiger partial charge in [-0.25, -0.2) is 4.79 Å². The molecule has 0 aliphatic carbocycles. The van der Waals surface area contributed by atoms with Crippen molar-refractivity contribution in [3.8, 4) is 0 Å². The molecule has 10 heteroatoms. The Bertz CT molecular complexity index is 1070. The summed E-state index contributed by atoms with van der Waals surface area (Å²) in [5.74, 6) is -0.377. The molecule has 0 saturated heterocycles. The molecule has 3 amide bonds. The number of halogens is 1. The molecule has 3 atom stereocenters. The van der Waals surface area contributed by atoms with Crippen LogP contribution in [0, 0.1) is 5.41 Å². The summed E-state index contributed by atoms with van der Waals surface area (Å²) < 4.78 is 4.73. The third kappa shape index (κ3) is 8.45. The van der Waals surface area contributed by atoms with Crippen LogP contribution in [0.1, 0.15) is 42.6 Å². The van der Waals surface area contributed by atoms with Crippen LogP contribution in [0.25, 0.3) is 0 Å². The number of aliphatic hydroxyl groups is 1. The number of nitrogens with one attached hydrogen (secondary N) is 2. The number of para-hydroxylation sites is 1. The van der Waals surface area contributed by atoms with Gasteiger partial charge in [0.05, 0.1) is 19.3 Å². The predicted molar refractivity (Wildman–Crippen MR) is 145 cm³/mol. The fourth-order valence-corrected chi connectivity index (χ4v) is 4.55. The topological polar surface area (TPSA) is 134 Å². The number of nitrogens with two attached hydrogens (primary N) is 1. The van der Waals surface area contributed by atoms with Crippen LogP contribution in [0.5, 0.6) is 0 Å². The number of ether oxygens (including phenoxy) is 1. The Labute approximate surface area is 224 Å². The van der Waals surface area contributed by atoms with Gasteiger partial charge in [-0.2, -0.15) is 0 Å². The highest BCUT2D eigenvalue weighted by Crippen LogP contribution is 2.32. The zero-order chi connectivity index (χ0) is 26.3. The van der Waals surface area contributed by atoms with Crippen molar-refractivity contribution in [2.75, 3.05) is 25.1 Å². The van der Waals surface area contributed by atoms with Gasteiger partial charge in [-0.3, -0.25) is 9.59 Å². The van der Waals surface area contributed by atoms with Gasteiger partial charge in [-0.05, 0) is 42.0 Å². The highest BCUT2D eigenvalue weighted by Gasteiger charge is 2.34. The molecule has 0 bridgehead atoms. The quantitative estimate of drug-likeness (QED) is 0.392. The summed E-state index contributed by atoms with van der Waals surface area (Å²) in [5.41, 5.74) is 8.05. The summed E-state index contributed by atoms with van der Waals surface area (Å²) in [6.45, 7) is 4.21. The van der Waals surface area contributed by atoms with Crippen LogP contribution in [0.2, 0.25) is 0 Å². The number of methoxy groups -OCH3 is 1. The molecule has 202 valence electrons. The minimum atomic E-state index is -0.962. The number of carbonyl (C=O) groups is 3. The summed E-state index contributed by atoms with van der Waals surface area (Å²) in [7, 11) is 1.31. The molecular weight excluding hydrogens is 496 g/mol. The SMILES string of the molecule is COC(=O)NC1Cc2ccccc2N(C(=O)CC(C)(C)C[C@H](N)[C@@H](O)CNC(=O)c2ccccc2)C1.Cl. The fraction of sp³-hybridized carbons (Fsp3) is 0.444. The number of nitrogens with zero attached hydrogens (tertiary/aromatic N) is 1. The molecule has 0 radical (unpaired) electrons. The summed E-state index contributed by atoms with van der Waals surface area (Å²) >= 11 is 0. The van der Waals surface area contributed by atoms with Gasteiger partial charge in [0.25, 0.3) is 5.91 Å². The van der Waals surface area contributed by atoms with E-state index in [0.29, 0.717) is 24.9 Å². The Morgan fingerprint density at radius 2 is 1.78 bits per heavy atom. The van der Waals surface area contributed by atoms with Gasteiger partial charge in [0.1, 0.15) is 0 Å². The van der Waals surface area contributed by atoms with E-state index >= 15 is 0 Å². The van der Waals surface area contributed by atoms with Crippen LogP contribution in [-0.4, -0.2) is 61.4 Å². The molecule has 37 heavy (non-hydrogen) atoms. The maximum atomic E-state index is 13.4. The number of alkyl carbamates (subject to hydrolysis) is 1. The van der Waals surface area contributed by atoms with Crippen LogP contribution in [0.4, 0.5) is 10.5 Å². The Morgan fingerprint density at radius 1 is 1.14 bits per heavy atom. The number of amides is 3. The zero-order valence-electron chi connectivity index (χ0n) is 21.5. The van der Waals surface area contributed by atoms with Crippen molar-refractivity contribution < 1.29 is 24.2 Å². The summed E-state index contributed by atoms with van der Waals surface area (Å²) in [6, 6.07) is 15.5. The molecule has 1 aliphatic rings. The number of carbonyl (C=O) groups excluding carboxylic acids is 3. The molecule has 0 fully saturated rings. The van der Waals surface area contributed by atoms with Crippen LogP contribution in [-0.2, 0) is 16.0 Å². The lowest BCUT2D eigenvalue weighted by Crippen LogP contribution is -2.51. The molecule has 2 aromatic rings. The number of anilines is 1. The Morgan fingerprint density at radius 3 is 2.46 bits per heavy atom. The number of hydrogen-bond donors (Lipinski definition) is 4. The van der Waals surface area contributed by atoms with Gasteiger partial charge in [0.2, 0.25) is 5.91 Å². The van der Waals surface area contributed by atoms with Crippen molar-refractivity contribution in [1.29, 1.82) is 0 Å². The first-order valence-corrected chi connectivity index (χ1v) is 12.1. The fourth-order valence-electron chi connectivity index (χ4n) is 4.55. The molecule has 0 spiro atoms. The summed E-state index contributed by atoms with van der Waals surface area (Å²) in [6.07, 6.45) is -0.323. The van der Waals surface area contributed by atoms with Crippen molar-refractivity contribution in [3.05, 3.63) is 65.7 Å². The first-order valence-electron chi connectivity index (χ1n) is 12.1. The maximum Gasteiger partial charge on any atom is 0.407 e. The van der Waals surface area contributed by atoms with Crippen LogP contribution in [0.15, 0.2) is 54.6 Å². The lowest BCUT2D eigenvalue weighted by molar-refractivity contribution is -0.120. The lowest BCUT2D eigenvalue weighted by Gasteiger charge is -2.37. The standard InChI is InChI=1S/C27H36N4O5.ClH/c1-27(2,14-21(28)23(32)16-29-25(34)18-9-5-4-6-10-18)15-24(33)31-17-20(30-26(35)36-3)13-19-11-7-8-12-22(19)31;/h4-12,20-21,23,32H,13-17,28H2,1-3H3,(H,29,34)(H,30,35);1H/t20?,21-,23-;/m0./s1. The normalized spacial score (nSPS) is 16.5. The number of benzene rings is 2. The van der Waals surface area contributed by atoms with Gasteiger partial charge in [-0.15, -0.1) is 12.4 Å². The summed E-state index contributed by atoms with van der Waals surface area (Å²) in [4.78, 5) is 39.1. The van der Waals surface area contributed by atoms with Gasteiger partial charge in [-0.1, -0.05) is 50.2 Å². The van der Waals surface area contributed by atoms with Crippen LogP contribution in [0.3, 0.4) is 0 Å². The largest absolute Gasteiger partial charge is 0.453 e. The minimum absolute atomic E-state index is 0. The van der Waals surface area contributed by atoms with E-state index in [1.807, 2.05) is 44.2 Å². The number of aliphatic hydroxyl groups excluding tert-OH is 1. The molecule has 2 aromatic carbocycles. The van der Waals surface area contributed by atoms with Gasteiger partial charge >= 0.3 is 6.09 Å². The molecule has 0 aromatic heterocycles. The van der Waals surface area contributed by atoms with E-state index in [0.717, 1.165) is 11.3 Å². The second-order valence-corrected chi connectivity index (χ2v) is 10.0. The molecule has 9 nitrogen and oxygen atoms in total. The molecule has 3 rings (SSSR count). The first-order chi connectivity index (χ1) is 17.1. The minimum Gasteiger partial charge on any atom is -0.453 e. The molecule has 0 saturated carbocycles. The molecule has 1 unspecified atom stereocenters. The first kappa shape index (κ1) is 30.1. The molecule has 5 N–H and O–H groups in total. The second-order valence-electron chi connectivity index (χ2n) is 10.0. The van der Waals surface area contributed by atoms with Crippen molar-refractivity contribution >= 4 is 36.0 Å². The second kappa shape index (κ2) is 13.4. The van der Waals surface area contributed by atoms with Crippen molar-refractivity contribution in [1.82, 2.24) is 10.6 Å². The Balaban J connectivity index is 0.00000481. The van der Waals surface area contributed by atoms with E-state index in [1.165, 1.54) is 7.11 Å². The smallest absolute Gasteiger partial charge is 0.407 e. The number of hydrogen-bond acceptors (Lipinski definition) is 6. The zero-order valence-corrected chi connectivity index (χ0v) is 22.3. The van der Waals surface area contributed by atoms with E-state index in [-0.39, 0.29) is 43.2 Å². The summed E-state index contributed by atoms with van der Waals surface area (Å²) in [5, 5.41) is 16.0. The third-order valence-corrected chi connectivity index (χ3v) is 6.38. The van der Waals surface area contributed by atoms with Crippen molar-refractivity contribution in [2.45, 2.75) is 51.3 Å². The van der Waals surface area contributed by atoms with E-state index in [4.69, 9.17) is 10.5 Å².